The number of aromatic nitrogens is 1. The predicted octanol–water partition coefficient (Wildman–Crippen LogP) is 1.58. The second-order valence-electron chi connectivity index (χ2n) is 4.99. The smallest absolute Gasteiger partial charge is 0.405 e. The molecular formula is C13H16N4O2. The molecule has 2 rings (SSSR count). The number of hydrogen-bond donors (Lipinski definition) is 2. The van der Waals surface area contributed by atoms with Crippen molar-refractivity contribution in [2.45, 2.75) is 25.3 Å². The molecule has 1 amide bonds. The Morgan fingerprint density at radius 3 is 2.68 bits per heavy atom. The summed E-state index contributed by atoms with van der Waals surface area (Å²) in [6.07, 6.45) is 2.05. The zero-order valence-corrected chi connectivity index (χ0v) is 10.8. The SMILES string of the molecule is CC1(NC(=O)O)CCN(c2ccc(C#N)cn2)CC1. The molecule has 0 spiro atoms. The van der Waals surface area contributed by atoms with Crippen molar-refractivity contribution in [3.63, 3.8) is 0 Å². The van der Waals surface area contributed by atoms with E-state index < -0.39 is 6.09 Å². The van der Waals surface area contributed by atoms with E-state index in [0.717, 1.165) is 31.7 Å². The molecule has 0 unspecified atom stereocenters. The number of carboxylic acid groups (broad SMARTS) is 1. The van der Waals surface area contributed by atoms with Crippen molar-refractivity contribution in [3.8, 4) is 6.07 Å². The standard InChI is InChI=1S/C13H16N4O2/c1-13(16-12(18)19)4-6-17(7-5-13)11-3-2-10(8-14)9-15-11/h2-3,9,16H,4-7H2,1H3,(H,18,19). The molecule has 100 valence electrons. The van der Waals surface area contributed by atoms with E-state index in [0.29, 0.717) is 5.56 Å². The average Bonchev–Trinajstić information content (AvgIpc) is 2.38. The summed E-state index contributed by atoms with van der Waals surface area (Å²) in [7, 11) is 0. The van der Waals surface area contributed by atoms with E-state index in [-0.39, 0.29) is 5.54 Å². The number of rotatable bonds is 2. The molecule has 19 heavy (non-hydrogen) atoms. The Labute approximate surface area is 111 Å². The van der Waals surface area contributed by atoms with E-state index >= 15 is 0 Å². The van der Waals surface area contributed by atoms with Gasteiger partial charge in [-0.1, -0.05) is 0 Å². The van der Waals surface area contributed by atoms with Gasteiger partial charge in [0.1, 0.15) is 11.9 Å². The number of pyridine rings is 1. The highest BCUT2D eigenvalue weighted by atomic mass is 16.4. The highest BCUT2D eigenvalue weighted by Gasteiger charge is 2.31. The van der Waals surface area contributed by atoms with Crippen LogP contribution in [0.2, 0.25) is 0 Å². The quantitative estimate of drug-likeness (QED) is 0.842. The number of piperidine rings is 1. The third-order valence-corrected chi connectivity index (χ3v) is 3.48. The van der Waals surface area contributed by atoms with E-state index in [1.54, 1.807) is 12.3 Å². The zero-order chi connectivity index (χ0) is 13.9. The molecule has 0 bridgehead atoms. The molecule has 6 heteroatoms. The van der Waals surface area contributed by atoms with Gasteiger partial charge in [0.25, 0.3) is 0 Å². The van der Waals surface area contributed by atoms with Crippen LogP contribution in [0.3, 0.4) is 0 Å². The fraction of sp³-hybridized carbons (Fsp3) is 0.462. The molecule has 1 aliphatic rings. The van der Waals surface area contributed by atoms with Gasteiger partial charge in [-0.15, -0.1) is 0 Å². The number of nitrogens with zero attached hydrogens (tertiary/aromatic N) is 3. The van der Waals surface area contributed by atoms with Crippen LogP contribution >= 0.6 is 0 Å². The van der Waals surface area contributed by atoms with Crippen LogP contribution in [0.1, 0.15) is 25.3 Å². The van der Waals surface area contributed by atoms with Crippen molar-refractivity contribution in [1.82, 2.24) is 10.3 Å². The van der Waals surface area contributed by atoms with Crippen LogP contribution in [0, 0.1) is 11.3 Å². The second kappa shape index (κ2) is 5.14. The Bertz CT molecular complexity index is 498. The lowest BCUT2D eigenvalue weighted by Gasteiger charge is -2.39. The molecular weight excluding hydrogens is 244 g/mol. The van der Waals surface area contributed by atoms with Crippen molar-refractivity contribution in [3.05, 3.63) is 23.9 Å². The lowest BCUT2D eigenvalue weighted by Crippen LogP contribution is -2.53. The Kier molecular flexibility index (Phi) is 3.56. The van der Waals surface area contributed by atoms with Crippen molar-refractivity contribution in [2.24, 2.45) is 0 Å². The van der Waals surface area contributed by atoms with E-state index in [4.69, 9.17) is 10.4 Å². The summed E-state index contributed by atoms with van der Waals surface area (Å²) in [6, 6.07) is 5.60. The summed E-state index contributed by atoms with van der Waals surface area (Å²) in [5, 5.41) is 20.1. The fourth-order valence-electron chi connectivity index (χ4n) is 2.25. The minimum Gasteiger partial charge on any atom is -0.465 e. The van der Waals surface area contributed by atoms with Gasteiger partial charge < -0.3 is 15.3 Å². The summed E-state index contributed by atoms with van der Waals surface area (Å²) in [5.41, 5.74) is 0.174. The number of nitriles is 1. The molecule has 1 aromatic heterocycles. The van der Waals surface area contributed by atoms with Crippen LogP contribution in [0.25, 0.3) is 0 Å². The number of nitrogens with one attached hydrogen (secondary N) is 1. The zero-order valence-electron chi connectivity index (χ0n) is 10.8. The molecule has 0 radical (unpaired) electrons. The maximum Gasteiger partial charge on any atom is 0.405 e. The molecule has 6 nitrogen and oxygen atoms in total. The van der Waals surface area contributed by atoms with Crippen molar-refractivity contribution in [2.75, 3.05) is 18.0 Å². The summed E-state index contributed by atoms with van der Waals surface area (Å²) in [6.45, 7) is 3.41. The minimum atomic E-state index is -0.979. The highest BCUT2D eigenvalue weighted by Crippen LogP contribution is 2.24. The maximum absolute atomic E-state index is 10.7. The van der Waals surface area contributed by atoms with Crippen LogP contribution in [0.5, 0.6) is 0 Å². The number of hydrogen-bond acceptors (Lipinski definition) is 4. The summed E-state index contributed by atoms with van der Waals surface area (Å²) >= 11 is 0. The van der Waals surface area contributed by atoms with E-state index in [1.807, 2.05) is 19.1 Å². The molecule has 0 saturated carbocycles. The molecule has 0 atom stereocenters. The van der Waals surface area contributed by atoms with Gasteiger partial charge in [0.2, 0.25) is 0 Å². The van der Waals surface area contributed by atoms with Gasteiger partial charge in [0, 0.05) is 24.8 Å². The summed E-state index contributed by atoms with van der Waals surface area (Å²) in [4.78, 5) is 17.1. The van der Waals surface area contributed by atoms with E-state index in [9.17, 15) is 4.79 Å². The largest absolute Gasteiger partial charge is 0.465 e. The van der Waals surface area contributed by atoms with Gasteiger partial charge in [0.05, 0.1) is 5.56 Å². The van der Waals surface area contributed by atoms with E-state index in [2.05, 4.69) is 15.2 Å². The van der Waals surface area contributed by atoms with Crippen LogP contribution in [0.4, 0.5) is 10.6 Å². The molecule has 2 N–H and O–H groups in total. The first kappa shape index (κ1) is 13.1. The Balaban J connectivity index is 1.99. The lowest BCUT2D eigenvalue weighted by molar-refractivity contribution is 0.173. The fourth-order valence-corrected chi connectivity index (χ4v) is 2.25. The van der Waals surface area contributed by atoms with Gasteiger partial charge in [0.15, 0.2) is 0 Å². The van der Waals surface area contributed by atoms with Crippen LogP contribution in [-0.4, -0.2) is 34.8 Å². The Morgan fingerprint density at radius 2 is 2.21 bits per heavy atom. The maximum atomic E-state index is 10.7. The molecule has 0 aliphatic carbocycles. The number of amides is 1. The first-order valence-electron chi connectivity index (χ1n) is 6.15. The first-order valence-corrected chi connectivity index (χ1v) is 6.15. The second-order valence-corrected chi connectivity index (χ2v) is 4.99. The lowest BCUT2D eigenvalue weighted by atomic mass is 9.90. The predicted molar refractivity (Wildman–Crippen MR) is 70.0 cm³/mol. The van der Waals surface area contributed by atoms with Gasteiger partial charge in [-0.25, -0.2) is 9.78 Å². The van der Waals surface area contributed by atoms with Crippen molar-refractivity contribution in [1.29, 1.82) is 5.26 Å². The highest BCUT2D eigenvalue weighted by molar-refractivity contribution is 5.65. The molecule has 2 heterocycles. The molecule has 1 fully saturated rings. The molecule has 1 aromatic rings. The van der Waals surface area contributed by atoms with Gasteiger partial charge >= 0.3 is 6.09 Å². The van der Waals surface area contributed by atoms with Crippen molar-refractivity contribution < 1.29 is 9.90 Å². The molecule has 1 saturated heterocycles. The first-order chi connectivity index (χ1) is 9.02. The van der Waals surface area contributed by atoms with E-state index in [1.165, 1.54) is 0 Å². The van der Waals surface area contributed by atoms with Crippen LogP contribution in [0.15, 0.2) is 18.3 Å². The summed E-state index contributed by atoms with van der Waals surface area (Å²) < 4.78 is 0. The molecule has 1 aliphatic heterocycles. The van der Waals surface area contributed by atoms with Crippen molar-refractivity contribution >= 4 is 11.9 Å². The Morgan fingerprint density at radius 1 is 1.53 bits per heavy atom. The summed E-state index contributed by atoms with van der Waals surface area (Å²) in [5.74, 6) is 0.830. The normalized spacial score (nSPS) is 17.6. The third-order valence-electron chi connectivity index (χ3n) is 3.48. The average molecular weight is 260 g/mol. The number of anilines is 1. The van der Waals surface area contributed by atoms with Crippen LogP contribution < -0.4 is 10.2 Å². The van der Waals surface area contributed by atoms with Gasteiger partial charge in [-0.05, 0) is 31.9 Å². The van der Waals surface area contributed by atoms with Gasteiger partial charge in [-0.3, -0.25) is 0 Å². The minimum absolute atomic E-state index is 0.366. The van der Waals surface area contributed by atoms with Gasteiger partial charge in [-0.2, -0.15) is 5.26 Å². The number of carbonyl (C=O) groups is 1. The topological polar surface area (TPSA) is 89.2 Å². The monoisotopic (exact) mass is 260 g/mol. The Hall–Kier alpha value is -2.29. The third kappa shape index (κ3) is 3.13. The van der Waals surface area contributed by atoms with Crippen LogP contribution in [-0.2, 0) is 0 Å². The molecule has 0 aromatic carbocycles.